The van der Waals surface area contributed by atoms with Gasteiger partial charge in [-0.3, -0.25) is 4.79 Å². The fraction of sp³-hybridized carbons (Fsp3) is 0.562. The predicted octanol–water partition coefficient (Wildman–Crippen LogP) is 2.83. The number of amides is 1. The fourth-order valence-electron chi connectivity index (χ4n) is 3.14. The molecule has 1 aromatic carbocycles. The Labute approximate surface area is 124 Å². The lowest BCUT2D eigenvalue weighted by atomic mass is 9.76. The van der Waals surface area contributed by atoms with Gasteiger partial charge in [0.15, 0.2) is 0 Å². The molecule has 1 fully saturated rings. The first kappa shape index (κ1) is 15.9. The third-order valence-corrected chi connectivity index (χ3v) is 4.23. The molecular weight excluding hydrogens is 274 g/mol. The van der Waals surface area contributed by atoms with E-state index in [1.165, 1.54) is 17.0 Å². The summed E-state index contributed by atoms with van der Waals surface area (Å²) in [6, 6.07) is 3.38. The van der Waals surface area contributed by atoms with Crippen LogP contribution in [0.4, 0.5) is 8.78 Å². The van der Waals surface area contributed by atoms with E-state index in [4.69, 9.17) is 5.73 Å². The smallest absolute Gasteiger partial charge is 0.242 e. The minimum absolute atomic E-state index is 0.0955. The molecule has 0 saturated heterocycles. The van der Waals surface area contributed by atoms with Crippen molar-refractivity contribution in [1.82, 2.24) is 4.90 Å². The summed E-state index contributed by atoms with van der Waals surface area (Å²) in [5, 5.41) is 0. The fourth-order valence-corrected chi connectivity index (χ4v) is 3.14. The summed E-state index contributed by atoms with van der Waals surface area (Å²) in [5.74, 6) is -1.01. The first-order chi connectivity index (χ1) is 9.82. The van der Waals surface area contributed by atoms with Gasteiger partial charge in [-0.1, -0.05) is 25.8 Å². The van der Waals surface area contributed by atoms with Gasteiger partial charge in [0, 0.05) is 25.2 Å². The van der Waals surface area contributed by atoms with Crippen LogP contribution in [0.5, 0.6) is 0 Å². The van der Waals surface area contributed by atoms with Gasteiger partial charge in [-0.15, -0.1) is 0 Å². The number of likely N-dealkylation sites (N-methyl/N-ethyl adjacent to an activating group) is 1. The van der Waals surface area contributed by atoms with Crippen LogP contribution in [-0.2, 0) is 11.3 Å². The summed E-state index contributed by atoms with van der Waals surface area (Å²) in [5.41, 5.74) is 5.70. The Morgan fingerprint density at radius 3 is 2.81 bits per heavy atom. The van der Waals surface area contributed by atoms with E-state index in [0.29, 0.717) is 24.3 Å². The number of nitrogens with zero attached hydrogens (tertiary/aromatic N) is 1. The Bertz CT molecular complexity index is 535. The van der Waals surface area contributed by atoms with Crippen LogP contribution in [0, 0.1) is 17.6 Å². The molecule has 1 aromatic rings. The molecule has 2 atom stereocenters. The van der Waals surface area contributed by atoms with Gasteiger partial charge >= 0.3 is 0 Å². The zero-order valence-electron chi connectivity index (χ0n) is 12.5. The summed E-state index contributed by atoms with van der Waals surface area (Å²) in [7, 11) is 1.61. The lowest BCUT2D eigenvalue weighted by Crippen LogP contribution is -2.56. The molecule has 1 saturated carbocycles. The molecule has 1 amide bonds. The van der Waals surface area contributed by atoms with Crippen LogP contribution < -0.4 is 5.73 Å². The summed E-state index contributed by atoms with van der Waals surface area (Å²) in [6.07, 6.45) is 3.33. The summed E-state index contributed by atoms with van der Waals surface area (Å²) in [6.45, 7) is 2.19. The largest absolute Gasteiger partial charge is 0.340 e. The van der Waals surface area contributed by atoms with Gasteiger partial charge in [0.05, 0.1) is 5.54 Å². The van der Waals surface area contributed by atoms with E-state index < -0.39 is 17.2 Å². The molecule has 2 rings (SSSR count). The Morgan fingerprint density at radius 2 is 2.19 bits per heavy atom. The minimum Gasteiger partial charge on any atom is -0.340 e. The second-order valence-electron chi connectivity index (χ2n) is 6.25. The molecule has 1 aliphatic rings. The van der Waals surface area contributed by atoms with Crippen molar-refractivity contribution in [2.45, 2.75) is 44.7 Å². The molecule has 5 heteroatoms. The van der Waals surface area contributed by atoms with Gasteiger partial charge < -0.3 is 10.6 Å². The van der Waals surface area contributed by atoms with Crippen molar-refractivity contribution in [2.24, 2.45) is 11.7 Å². The van der Waals surface area contributed by atoms with Crippen molar-refractivity contribution < 1.29 is 13.6 Å². The number of carbonyl (C=O) groups is 1. The van der Waals surface area contributed by atoms with E-state index in [1.54, 1.807) is 7.05 Å². The van der Waals surface area contributed by atoms with Gasteiger partial charge in [-0.2, -0.15) is 0 Å². The highest BCUT2D eigenvalue weighted by Gasteiger charge is 2.39. The standard InChI is InChI=1S/C16H22F2N2O/c1-11-4-3-7-16(19,9-11)15(21)20(2)10-12-5-6-13(17)8-14(12)18/h5-6,8,11H,3-4,7,9-10,19H2,1-2H3. The monoisotopic (exact) mass is 296 g/mol. The van der Waals surface area contributed by atoms with E-state index in [0.717, 1.165) is 18.9 Å². The van der Waals surface area contributed by atoms with E-state index in [2.05, 4.69) is 6.92 Å². The number of nitrogens with two attached hydrogens (primary N) is 1. The summed E-state index contributed by atoms with van der Waals surface area (Å²) in [4.78, 5) is 14.0. The van der Waals surface area contributed by atoms with E-state index in [9.17, 15) is 13.6 Å². The highest BCUT2D eigenvalue weighted by Crippen LogP contribution is 2.32. The highest BCUT2D eigenvalue weighted by molar-refractivity contribution is 5.86. The molecule has 0 bridgehead atoms. The molecule has 116 valence electrons. The number of benzene rings is 1. The number of hydrogen-bond acceptors (Lipinski definition) is 2. The topological polar surface area (TPSA) is 46.3 Å². The molecular formula is C16H22F2N2O. The van der Waals surface area contributed by atoms with Crippen LogP contribution in [-0.4, -0.2) is 23.4 Å². The Kier molecular flexibility index (Phi) is 4.61. The van der Waals surface area contributed by atoms with Crippen LogP contribution >= 0.6 is 0 Å². The first-order valence-electron chi connectivity index (χ1n) is 7.30. The van der Waals surface area contributed by atoms with Gasteiger partial charge in [0.1, 0.15) is 11.6 Å². The molecule has 1 aliphatic carbocycles. The zero-order chi connectivity index (χ0) is 15.6. The third kappa shape index (κ3) is 3.59. The Hall–Kier alpha value is -1.49. The number of rotatable bonds is 3. The van der Waals surface area contributed by atoms with Crippen molar-refractivity contribution in [3.8, 4) is 0 Å². The number of hydrogen-bond donors (Lipinski definition) is 1. The summed E-state index contributed by atoms with van der Waals surface area (Å²) < 4.78 is 26.6. The molecule has 2 N–H and O–H groups in total. The van der Waals surface area contributed by atoms with E-state index in [1.807, 2.05) is 0 Å². The maximum atomic E-state index is 13.7. The molecule has 0 heterocycles. The Morgan fingerprint density at radius 1 is 1.48 bits per heavy atom. The maximum absolute atomic E-state index is 13.7. The second kappa shape index (κ2) is 6.10. The van der Waals surface area contributed by atoms with Crippen LogP contribution in [0.1, 0.15) is 38.2 Å². The number of halogens is 2. The van der Waals surface area contributed by atoms with E-state index >= 15 is 0 Å². The first-order valence-corrected chi connectivity index (χ1v) is 7.30. The van der Waals surface area contributed by atoms with Gasteiger partial charge in [-0.05, 0) is 24.8 Å². The second-order valence-corrected chi connectivity index (χ2v) is 6.25. The summed E-state index contributed by atoms with van der Waals surface area (Å²) >= 11 is 0. The quantitative estimate of drug-likeness (QED) is 0.932. The molecule has 0 aromatic heterocycles. The van der Waals surface area contributed by atoms with Crippen molar-refractivity contribution in [2.75, 3.05) is 7.05 Å². The van der Waals surface area contributed by atoms with Crippen molar-refractivity contribution in [3.05, 3.63) is 35.4 Å². The Balaban J connectivity index is 2.08. The lowest BCUT2D eigenvalue weighted by Gasteiger charge is -2.38. The average molecular weight is 296 g/mol. The van der Waals surface area contributed by atoms with Crippen LogP contribution in [0.15, 0.2) is 18.2 Å². The molecule has 2 unspecified atom stereocenters. The molecule has 0 spiro atoms. The number of carbonyl (C=O) groups excluding carboxylic acids is 1. The normalized spacial score (nSPS) is 25.7. The SMILES string of the molecule is CC1CCCC(N)(C(=O)N(C)Cc2ccc(F)cc2F)C1. The highest BCUT2D eigenvalue weighted by atomic mass is 19.1. The van der Waals surface area contributed by atoms with Crippen LogP contribution in [0.2, 0.25) is 0 Å². The molecule has 0 aliphatic heterocycles. The molecule has 0 radical (unpaired) electrons. The molecule has 3 nitrogen and oxygen atoms in total. The van der Waals surface area contributed by atoms with Gasteiger partial charge in [-0.25, -0.2) is 8.78 Å². The van der Waals surface area contributed by atoms with Gasteiger partial charge in [0.25, 0.3) is 0 Å². The lowest BCUT2D eigenvalue weighted by molar-refractivity contribution is -0.138. The average Bonchev–Trinajstić information content (AvgIpc) is 2.40. The van der Waals surface area contributed by atoms with Crippen LogP contribution in [0.25, 0.3) is 0 Å². The predicted molar refractivity (Wildman–Crippen MR) is 77.4 cm³/mol. The minimum atomic E-state index is -0.858. The van der Waals surface area contributed by atoms with Crippen molar-refractivity contribution in [1.29, 1.82) is 0 Å². The zero-order valence-corrected chi connectivity index (χ0v) is 12.5. The van der Waals surface area contributed by atoms with E-state index in [-0.39, 0.29) is 12.5 Å². The maximum Gasteiger partial charge on any atom is 0.242 e. The van der Waals surface area contributed by atoms with Crippen molar-refractivity contribution in [3.63, 3.8) is 0 Å². The van der Waals surface area contributed by atoms with Gasteiger partial charge in [0.2, 0.25) is 5.91 Å². The van der Waals surface area contributed by atoms with Crippen LogP contribution in [0.3, 0.4) is 0 Å². The van der Waals surface area contributed by atoms with Crippen molar-refractivity contribution >= 4 is 5.91 Å². The molecule has 21 heavy (non-hydrogen) atoms. The third-order valence-electron chi connectivity index (χ3n) is 4.23.